The zero-order chi connectivity index (χ0) is 15.6. The first kappa shape index (κ1) is 19.6. The Kier molecular flexibility index (Phi) is 7.35. The van der Waals surface area contributed by atoms with Crippen LogP contribution >= 0.6 is 35.7 Å². The topological polar surface area (TPSA) is 30.9 Å². The van der Waals surface area contributed by atoms with E-state index in [2.05, 4.69) is 47.6 Å². The van der Waals surface area contributed by atoms with E-state index in [4.69, 9.17) is 4.99 Å². The second-order valence-corrected chi connectivity index (χ2v) is 9.41. The Morgan fingerprint density at radius 1 is 1.26 bits per heavy atom. The first-order chi connectivity index (χ1) is 10.6. The van der Waals surface area contributed by atoms with E-state index < -0.39 is 0 Å². The SMILES string of the molecule is CCNC(=NCC1CCN(C2CC2)C1)N1CCSC(C)(C)C1.I. The van der Waals surface area contributed by atoms with Gasteiger partial charge < -0.3 is 15.1 Å². The highest BCUT2D eigenvalue weighted by atomic mass is 127. The standard InChI is InChI=1S/C17H32N4S.HI/c1-4-18-16(21-9-10-22-17(2,3)13-21)19-11-14-7-8-20(12-14)15-5-6-15;/h14-15H,4-13H2,1-3H3,(H,18,19);1H. The Morgan fingerprint density at radius 2 is 2.04 bits per heavy atom. The van der Waals surface area contributed by atoms with Crippen molar-refractivity contribution in [3.05, 3.63) is 0 Å². The molecular formula is C17H33IN4S. The van der Waals surface area contributed by atoms with Gasteiger partial charge in [-0.05, 0) is 52.5 Å². The molecule has 0 bridgehead atoms. The van der Waals surface area contributed by atoms with Gasteiger partial charge in [0.15, 0.2) is 5.96 Å². The van der Waals surface area contributed by atoms with Crippen LogP contribution in [0.15, 0.2) is 4.99 Å². The molecule has 1 N–H and O–H groups in total. The molecule has 134 valence electrons. The quantitative estimate of drug-likeness (QED) is 0.404. The molecule has 1 atom stereocenters. The summed E-state index contributed by atoms with van der Waals surface area (Å²) in [5.41, 5.74) is 0. The highest BCUT2D eigenvalue weighted by molar-refractivity contribution is 14.0. The summed E-state index contributed by atoms with van der Waals surface area (Å²) in [6.45, 7) is 13.6. The molecule has 1 saturated carbocycles. The van der Waals surface area contributed by atoms with Gasteiger partial charge in [-0.2, -0.15) is 11.8 Å². The van der Waals surface area contributed by atoms with Gasteiger partial charge in [0.05, 0.1) is 0 Å². The average Bonchev–Trinajstić information content (AvgIpc) is 3.22. The van der Waals surface area contributed by atoms with Crippen LogP contribution in [-0.4, -0.2) is 71.6 Å². The monoisotopic (exact) mass is 452 g/mol. The van der Waals surface area contributed by atoms with Crippen molar-refractivity contribution < 1.29 is 0 Å². The van der Waals surface area contributed by atoms with Crippen molar-refractivity contribution >= 4 is 41.7 Å². The fraction of sp³-hybridized carbons (Fsp3) is 0.941. The number of hydrogen-bond acceptors (Lipinski definition) is 3. The Morgan fingerprint density at radius 3 is 2.70 bits per heavy atom. The number of likely N-dealkylation sites (tertiary alicyclic amines) is 1. The predicted octanol–water partition coefficient (Wildman–Crippen LogP) is 2.88. The molecule has 1 unspecified atom stereocenters. The lowest BCUT2D eigenvalue weighted by Gasteiger charge is -2.39. The van der Waals surface area contributed by atoms with Crippen molar-refractivity contribution in [3.63, 3.8) is 0 Å². The molecular weight excluding hydrogens is 419 g/mol. The van der Waals surface area contributed by atoms with Gasteiger partial charge in [0.25, 0.3) is 0 Å². The van der Waals surface area contributed by atoms with Crippen molar-refractivity contribution in [1.82, 2.24) is 15.1 Å². The van der Waals surface area contributed by atoms with E-state index in [1.807, 2.05) is 0 Å². The molecule has 0 aromatic carbocycles. The number of rotatable bonds is 4. The van der Waals surface area contributed by atoms with Gasteiger partial charge in [-0.25, -0.2) is 0 Å². The lowest BCUT2D eigenvalue weighted by molar-refractivity contribution is 0.315. The van der Waals surface area contributed by atoms with Crippen LogP contribution in [0.2, 0.25) is 0 Å². The van der Waals surface area contributed by atoms with E-state index in [1.54, 1.807) is 0 Å². The van der Waals surface area contributed by atoms with Crippen LogP contribution in [-0.2, 0) is 0 Å². The van der Waals surface area contributed by atoms with E-state index >= 15 is 0 Å². The van der Waals surface area contributed by atoms with E-state index in [-0.39, 0.29) is 24.0 Å². The number of guanidine groups is 1. The van der Waals surface area contributed by atoms with Crippen molar-refractivity contribution in [3.8, 4) is 0 Å². The number of hydrogen-bond donors (Lipinski definition) is 1. The lowest BCUT2D eigenvalue weighted by Crippen LogP contribution is -2.51. The highest BCUT2D eigenvalue weighted by Gasteiger charge is 2.34. The molecule has 6 heteroatoms. The first-order valence-corrected chi connectivity index (χ1v) is 9.97. The Balaban J connectivity index is 0.00000192. The zero-order valence-corrected chi connectivity index (χ0v) is 18.0. The zero-order valence-electron chi connectivity index (χ0n) is 14.9. The molecule has 1 aliphatic carbocycles. The van der Waals surface area contributed by atoms with Crippen molar-refractivity contribution in [1.29, 1.82) is 0 Å². The Hall–Kier alpha value is 0.310. The second kappa shape index (κ2) is 8.61. The summed E-state index contributed by atoms with van der Waals surface area (Å²) in [5.74, 6) is 3.11. The number of nitrogens with one attached hydrogen (secondary N) is 1. The minimum atomic E-state index is 0. The summed E-state index contributed by atoms with van der Waals surface area (Å²) in [4.78, 5) is 10.1. The molecule has 0 amide bonds. The number of aliphatic imine (C=N–C) groups is 1. The molecule has 0 aromatic rings. The molecule has 0 radical (unpaired) electrons. The van der Waals surface area contributed by atoms with E-state index in [1.165, 1.54) is 38.1 Å². The molecule has 2 saturated heterocycles. The molecule has 23 heavy (non-hydrogen) atoms. The molecule has 3 rings (SSSR count). The minimum absolute atomic E-state index is 0. The molecule has 4 nitrogen and oxygen atoms in total. The van der Waals surface area contributed by atoms with Gasteiger partial charge in [-0.1, -0.05) is 0 Å². The van der Waals surface area contributed by atoms with E-state index in [9.17, 15) is 0 Å². The van der Waals surface area contributed by atoms with Gasteiger partial charge in [-0.3, -0.25) is 4.99 Å². The number of halogens is 1. The lowest BCUT2D eigenvalue weighted by atomic mass is 10.1. The molecule has 2 aliphatic heterocycles. The van der Waals surface area contributed by atoms with Gasteiger partial charge in [-0.15, -0.1) is 24.0 Å². The van der Waals surface area contributed by atoms with Crippen molar-refractivity contribution in [2.24, 2.45) is 10.9 Å². The highest BCUT2D eigenvalue weighted by Crippen LogP contribution is 2.32. The van der Waals surface area contributed by atoms with Crippen LogP contribution in [0, 0.1) is 5.92 Å². The summed E-state index contributed by atoms with van der Waals surface area (Å²) < 4.78 is 0.338. The normalized spacial score (nSPS) is 28.6. The number of thioether (sulfide) groups is 1. The van der Waals surface area contributed by atoms with Gasteiger partial charge in [0.1, 0.15) is 0 Å². The molecule has 3 aliphatic rings. The summed E-state index contributed by atoms with van der Waals surface area (Å²) in [6.07, 6.45) is 4.19. The van der Waals surface area contributed by atoms with Crippen LogP contribution in [0.25, 0.3) is 0 Å². The molecule has 2 heterocycles. The van der Waals surface area contributed by atoms with Crippen LogP contribution < -0.4 is 5.32 Å². The maximum absolute atomic E-state index is 4.99. The summed E-state index contributed by atoms with van der Waals surface area (Å²) >= 11 is 2.08. The third kappa shape index (κ3) is 5.66. The third-order valence-corrected chi connectivity index (χ3v) is 6.24. The largest absolute Gasteiger partial charge is 0.357 e. The molecule has 0 spiro atoms. The van der Waals surface area contributed by atoms with E-state index in [0.717, 1.165) is 44.1 Å². The second-order valence-electron chi connectivity index (χ2n) is 7.61. The maximum atomic E-state index is 4.99. The van der Waals surface area contributed by atoms with Crippen molar-refractivity contribution in [2.45, 2.75) is 50.8 Å². The Bertz CT molecular complexity index is 411. The maximum Gasteiger partial charge on any atom is 0.193 e. The summed E-state index contributed by atoms with van der Waals surface area (Å²) in [5, 5.41) is 3.51. The van der Waals surface area contributed by atoms with Crippen LogP contribution in [0.3, 0.4) is 0 Å². The summed E-state index contributed by atoms with van der Waals surface area (Å²) in [7, 11) is 0. The van der Waals surface area contributed by atoms with Crippen LogP contribution in [0.4, 0.5) is 0 Å². The summed E-state index contributed by atoms with van der Waals surface area (Å²) in [6, 6.07) is 0.919. The van der Waals surface area contributed by atoms with Crippen LogP contribution in [0.5, 0.6) is 0 Å². The first-order valence-electron chi connectivity index (χ1n) is 8.98. The Labute approximate surface area is 163 Å². The van der Waals surface area contributed by atoms with E-state index in [0.29, 0.717) is 4.75 Å². The predicted molar refractivity (Wildman–Crippen MR) is 112 cm³/mol. The van der Waals surface area contributed by atoms with Crippen LogP contribution in [0.1, 0.15) is 40.0 Å². The van der Waals surface area contributed by atoms with Gasteiger partial charge in [0, 0.05) is 49.3 Å². The van der Waals surface area contributed by atoms with Gasteiger partial charge in [0.2, 0.25) is 0 Å². The average molecular weight is 452 g/mol. The number of nitrogens with zero attached hydrogens (tertiary/aromatic N) is 3. The van der Waals surface area contributed by atoms with Crippen molar-refractivity contribution in [2.75, 3.05) is 45.0 Å². The minimum Gasteiger partial charge on any atom is -0.357 e. The fourth-order valence-electron chi connectivity index (χ4n) is 3.62. The molecule has 3 fully saturated rings. The third-order valence-electron chi connectivity index (χ3n) is 4.94. The van der Waals surface area contributed by atoms with Gasteiger partial charge >= 0.3 is 0 Å². The fourth-order valence-corrected chi connectivity index (χ4v) is 4.73. The molecule has 0 aromatic heterocycles. The smallest absolute Gasteiger partial charge is 0.193 e.